The highest BCUT2D eigenvalue weighted by Gasteiger charge is 2.18. The first-order valence-corrected chi connectivity index (χ1v) is 7.02. The lowest BCUT2D eigenvalue weighted by Gasteiger charge is -2.31. The van der Waals surface area contributed by atoms with Crippen LogP contribution >= 0.6 is 23.7 Å². The predicted octanol–water partition coefficient (Wildman–Crippen LogP) is 2.31. The lowest BCUT2D eigenvalue weighted by atomic mass is 10.1. The molecule has 1 aromatic rings. The fourth-order valence-corrected chi connectivity index (χ4v) is 2.98. The van der Waals surface area contributed by atoms with E-state index in [1.165, 1.54) is 30.1 Å². The molecular formula is C12H22ClN3S. The van der Waals surface area contributed by atoms with Crippen molar-refractivity contribution < 1.29 is 0 Å². The molecule has 0 bridgehead atoms. The van der Waals surface area contributed by atoms with Gasteiger partial charge in [0.15, 0.2) is 0 Å². The van der Waals surface area contributed by atoms with Crippen LogP contribution in [0.5, 0.6) is 0 Å². The standard InChI is InChI=1S/C12H21N3S.ClH/c1-3-12-14-11(9-16-12)8-15-6-4-5-10(7-15)13-2;/h9-10,13H,3-8H2,1-2H3;1H. The van der Waals surface area contributed by atoms with Gasteiger partial charge in [-0.15, -0.1) is 23.7 Å². The van der Waals surface area contributed by atoms with Crippen molar-refractivity contribution in [1.82, 2.24) is 15.2 Å². The summed E-state index contributed by atoms with van der Waals surface area (Å²) >= 11 is 1.79. The Morgan fingerprint density at radius 3 is 3.06 bits per heavy atom. The Bertz CT molecular complexity index is 329. The molecule has 0 amide bonds. The molecule has 3 nitrogen and oxygen atoms in total. The highest BCUT2D eigenvalue weighted by Crippen LogP contribution is 2.16. The number of likely N-dealkylation sites (tertiary alicyclic amines) is 1. The van der Waals surface area contributed by atoms with E-state index in [9.17, 15) is 0 Å². The van der Waals surface area contributed by atoms with Crippen LogP contribution in [0, 0.1) is 0 Å². The van der Waals surface area contributed by atoms with Gasteiger partial charge in [0.1, 0.15) is 0 Å². The number of nitrogens with one attached hydrogen (secondary N) is 1. The zero-order valence-corrected chi connectivity index (χ0v) is 12.2. The van der Waals surface area contributed by atoms with Gasteiger partial charge >= 0.3 is 0 Å². The van der Waals surface area contributed by atoms with Gasteiger partial charge in [-0.05, 0) is 32.9 Å². The zero-order chi connectivity index (χ0) is 11.4. The minimum absolute atomic E-state index is 0. The quantitative estimate of drug-likeness (QED) is 0.914. The predicted molar refractivity (Wildman–Crippen MR) is 76.1 cm³/mol. The maximum absolute atomic E-state index is 4.63. The molecule has 0 saturated carbocycles. The van der Waals surface area contributed by atoms with Crippen molar-refractivity contribution >= 4 is 23.7 Å². The number of halogens is 1. The van der Waals surface area contributed by atoms with Gasteiger partial charge in [-0.1, -0.05) is 6.92 Å². The average Bonchev–Trinajstić information content (AvgIpc) is 2.77. The molecule has 1 unspecified atom stereocenters. The third-order valence-electron chi connectivity index (χ3n) is 3.20. The van der Waals surface area contributed by atoms with E-state index in [0.29, 0.717) is 6.04 Å². The number of aryl methyl sites for hydroxylation is 1. The number of aromatic nitrogens is 1. The number of hydrogen-bond acceptors (Lipinski definition) is 4. The Morgan fingerprint density at radius 1 is 1.59 bits per heavy atom. The van der Waals surface area contributed by atoms with Gasteiger partial charge in [0.05, 0.1) is 10.7 Å². The molecule has 1 fully saturated rings. The van der Waals surface area contributed by atoms with Crippen LogP contribution in [0.15, 0.2) is 5.38 Å². The summed E-state index contributed by atoms with van der Waals surface area (Å²) in [4.78, 5) is 7.14. The van der Waals surface area contributed by atoms with Crippen molar-refractivity contribution in [3.8, 4) is 0 Å². The molecule has 2 heterocycles. The molecule has 1 aliphatic heterocycles. The summed E-state index contributed by atoms with van der Waals surface area (Å²) in [6.07, 6.45) is 3.67. The molecule has 1 atom stereocenters. The van der Waals surface area contributed by atoms with E-state index < -0.39 is 0 Å². The van der Waals surface area contributed by atoms with Gasteiger partial charge < -0.3 is 5.32 Å². The molecule has 1 N–H and O–H groups in total. The minimum Gasteiger partial charge on any atom is -0.316 e. The van der Waals surface area contributed by atoms with Crippen LogP contribution in [0.2, 0.25) is 0 Å². The van der Waals surface area contributed by atoms with Gasteiger partial charge in [0, 0.05) is 24.5 Å². The molecule has 0 spiro atoms. The molecule has 1 aliphatic rings. The Labute approximate surface area is 114 Å². The van der Waals surface area contributed by atoms with Gasteiger partial charge in [-0.2, -0.15) is 0 Å². The fourth-order valence-electron chi connectivity index (χ4n) is 2.25. The number of thiazole rings is 1. The lowest BCUT2D eigenvalue weighted by molar-refractivity contribution is 0.186. The number of piperidine rings is 1. The first kappa shape index (κ1) is 14.9. The van der Waals surface area contributed by atoms with E-state index in [2.05, 4.69) is 34.6 Å². The second-order valence-corrected chi connectivity index (χ2v) is 5.39. The second kappa shape index (κ2) is 7.31. The van der Waals surface area contributed by atoms with E-state index >= 15 is 0 Å². The van der Waals surface area contributed by atoms with Crippen molar-refractivity contribution in [3.63, 3.8) is 0 Å². The SMILES string of the molecule is CCc1nc(CN2CCCC(NC)C2)cs1.Cl. The molecule has 1 saturated heterocycles. The number of hydrogen-bond donors (Lipinski definition) is 1. The Morgan fingerprint density at radius 2 is 2.41 bits per heavy atom. The molecule has 98 valence electrons. The summed E-state index contributed by atoms with van der Waals surface area (Å²) in [6, 6.07) is 0.665. The highest BCUT2D eigenvalue weighted by atomic mass is 35.5. The van der Waals surface area contributed by atoms with Crippen LogP contribution < -0.4 is 5.32 Å². The maximum atomic E-state index is 4.63. The van der Waals surface area contributed by atoms with Crippen LogP contribution in [0.4, 0.5) is 0 Å². The summed E-state index contributed by atoms with van der Waals surface area (Å²) in [6.45, 7) is 5.57. The van der Waals surface area contributed by atoms with Crippen LogP contribution in [0.1, 0.15) is 30.5 Å². The zero-order valence-electron chi connectivity index (χ0n) is 10.6. The van der Waals surface area contributed by atoms with Gasteiger partial charge in [0.2, 0.25) is 0 Å². The Kier molecular flexibility index (Phi) is 6.41. The van der Waals surface area contributed by atoms with E-state index in [1.807, 2.05) is 0 Å². The van der Waals surface area contributed by atoms with Gasteiger partial charge in [0.25, 0.3) is 0 Å². The molecule has 2 rings (SSSR count). The van der Waals surface area contributed by atoms with Crippen molar-refractivity contribution in [2.24, 2.45) is 0 Å². The van der Waals surface area contributed by atoms with Crippen molar-refractivity contribution in [1.29, 1.82) is 0 Å². The smallest absolute Gasteiger partial charge is 0.0926 e. The number of likely N-dealkylation sites (N-methyl/N-ethyl adjacent to an activating group) is 1. The van der Waals surface area contributed by atoms with Crippen LogP contribution in [0.3, 0.4) is 0 Å². The third kappa shape index (κ3) is 4.21. The highest BCUT2D eigenvalue weighted by molar-refractivity contribution is 7.09. The summed E-state index contributed by atoms with van der Waals surface area (Å²) in [5.74, 6) is 0. The first-order valence-electron chi connectivity index (χ1n) is 6.14. The number of nitrogens with zero attached hydrogens (tertiary/aromatic N) is 2. The topological polar surface area (TPSA) is 28.2 Å². The van der Waals surface area contributed by atoms with Gasteiger partial charge in [-0.3, -0.25) is 4.90 Å². The van der Waals surface area contributed by atoms with Crippen LogP contribution in [-0.4, -0.2) is 36.1 Å². The molecular weight excluding hydrogens is 254 g/mol. The summed E-state index contributed by atoms with van der Waals surface area (Å²) in [5.41, 5.74) is 1.25. The summed E-state index contributed by atoms with van der Waals surface area (Å²) in [7, 11) is 2.06. The van der Waals surface area contributed by atoms with Crippen LogP contribution in [0.25, 0.3) is 0 Å². The van der Waals surface area contributed by atoms with E-state index in [4.69, 9.17) is 0 Å². The maximum Gasteiger partial charge on any atom is 0.0926 e. The molecule has 0 aliphatic carbocycles. The minimum atomic E-state index is 0. The average molecular weight is 276 g/mol. The third-order valence-corrected chi connectivity index (χ3v) is 4.24. The normalized spacial score (nSPS) is 21.2. The van der Waals surface area contributed by atoms with E-state index in [0.717, 1.165) is 19.5 Å². The summed E-state index contributed by atoms with van der Waals surface area (Å²) in [5, 5.41) is 6.85. The van der Waals surface area contributed by atoms with Crippen molar-refractivity contribution in [2.45, 2.75) is 38.8 Å². The Hall–Kier alpha value is -0.160. The molecule has 0 aromatic carbocycles. The monoisotopic (exact) mass is 275 g/mol. The van der Waals surface area contributed by atoms with E-state index in [1.54, 1.807) is 11.3 Å². The second-order valence-electron chi connectivity index (χ2n) is 4.45. The summed E-state index contributed by atoms with van der Waals surface area (Å²) < 4.78 is 0. The Balaban J connectivity index is 0.00000144. The first-order chi connectivity index (χ1) is 7.81. The molecule has 1 aromatic heterocycles. The van der Waals surface area contributed by atoms with Crippen molar-refractivity contribution in [2.75, 3.05) is 20.1 Å². The van der Waals surface area contributed by atoms with Crippen LogP contribution in [-0.2, 0) is 13.0 Å². The van der Waals surface area contributed by atoms with Crippen molar-refractivity contribution in [3.05, 3.63) is 16.1 Å². The fraction of sp³-hybridized carbons (Fsp3) is 0.750. The lowest BCUT2D eigenvalue weighted by Crippen LogP contribution is -2.43. The van der Waals surface area contributed by atoms with Gasteiger partial charge in [-0.25, -0.2) is 4.98 Å². The molecule has 5 heteroatoms. The largest absolute Gasteiger partial charge is 0.316 e. The molecule has 17 heavy (non-hydrogen) atoms. The number of rotatable bonds is 4. The molecule has 0 radical (unpaired) electrons. The van der Waals surface area contributed by atoms with E-state index in [-0.39, 0.29) is 12.4 Å².